The summed E-state index contributed by atoms with van der Waals surface area (Å²) >= 11 is 0. The third kappa shape index (κ3) is 4.45. The molecule has 0 saturated heterocycles. The van der Waals surface area contributed by atoms with E-state index < -0.39 is 23.8 Å². The Kier molecular flexibility index (Phi) is 6.64. The number of anilines is 2. The van der Waals surface area contributed by atoms with Gasteiger partial charge in [0.25, 0.3) is 11.8 Å². The van der Waals surface area contributed by atoms with E-state index in [1.807, 2.05) is 0 Å². The van der Waals surface area contributed by atoms with Crippen LogP contribution in [0.2, 0.25) is 0 Å². The number of ether oxygens (including phenoxy) is 2. The van der Waals surface area contributed by atoms with Crippen LogP contribution in [0.25, 0.3) is 0 Å². The molecule has 2 heterocycles. The molecule has 0 aliphatic carbocycles. The number of primary amides is 1. The van der Waals surface area contributed by atoms with E-state index in [4.69, 9.17) is 15.2 Å². The fraction of sp³-hybridized carbons (Fsp3) is 0.200. The van der Waals surface area contributed by atoms with Crippen molar-refractivity contribution in [2.24, 2.45) is 5.73 Å². The Balaban J connectivity index is 1.74. The highest BCUT2D eigenvalue weighted by Crippen LogP contribution is 2.40. The van der Waals surface area contributed by atoms with Gasteiger partial charge in [0.2, 0.25) is 0 Å². The summed E-state index contributed by atoms with van der Waals surface area (Å²) in [4.78, 5) is 37.4. The Labute approximate surface area is 206 Å². The lowest BCUT2D eigenvalue weighted by atomic mass is 9.94. The Hall–Kier alpha value is -4.80. The van der Waals surface area contributed by atoms with Crippen molar-refractivity contribution in [2.75, 3.05) is 24.4 Å². The van der Waals surface area contributed by atoms with Crippen molar-refractivity contribution in [1.29, 1.82) is 0 Å². The molecule has 0 fully saturated rings. The van der Waals surface area contributed by atoms with Crippen molar-refractivity contribution in [1.82, 2.24) is 9.78 Å². The van der Waals surface area contributed by atoms with Crippen molar-refractivity contribution >= 4 is 29.3 Å². The second-order valence-electron chi connectivity index (χ2n) is 7.97. The summed E-state index contributed by atoms with van der Waals surface area (Å²) in [5, 5.41) is 20.3. The molecule has 1 aromatic heterocycles. The molecule has 1 aliphatic heterocycles. The summed E-state index contributed by atoms with van der Waals surface area (Å²) in [6.45, 7) is 3.68. The molecule has 11 nitrogen and oxygen atoms in total. The number of rotatable bonds is 7. The van der Waals surface area contributed by atoms with Crippen LogP contribution < -0.4 is 21.1 Å². The average Bonchev–Trinajstić information content (AvgIpc) is 3.28. The zero-order valence-corrected chi connectivity index (χ0v) is 19.9. The van der Waals surface area contributed by atoms with Crippen molar-refractivity contribution < 1.29 is 29.0 Å². The van der Waals surface area contributed by atoms with Gasteiger partial charge >= 0.3 is 5.97 Å². The number of benzene rings is 2. The number of hydrogen-bond donors (Lipinski definition) is 4. The number of fused-ring (bicyclic) bond motifs is 1. The van der Waals surface area contributed by atoms with Gasteiger partial charge in [0.15, 0.2) is 11.5 Å². The molecule has 0 radical (unpaired) electrons. The predicted molar refractivity (Wildman–Crippen MR) is 131 cm³/mol. The summed E-state index contributed by atoms with van der Waals surface area (Å²) < 4.78 is 11.7. The van der Waals surface area contributed by atoms with E-state index in [9.17, 15) is 19.5 Å². The summed E-state index contributed by atoms with van der Waals surface area (Å²) in [5.41, 5.74) is 7.86. The molecule has 0 saturated carbocycles. The van der Waals surface area contributed by atoms with Gasteiger partial charge in [0, 0.05) is 11.4 Å². The summed E-state index contributed by atoms with van der Waals surface area (Å²) in [7, 11) is 1.42. The SMILES string of the molecule is CCOC(=O)c1ccc(NC(=O)C2=C(C)Nc3c(C(N)=O)cnn3[C@@H]2c2ccc(O)c(OC)c2)cc1. The van der Waals surface area contributed by atoms with Gasteiger partial charge in [-0.05, 0) is 55.8 Å². The fourth-order valence-electron chi connectivity index (χ4n) is 4.00. The fourth-order valence-corrected chi connectivity index (χ4v) is 4.00. The van der Waals surface area contributed by atoms with Gasteiger partial charge in [-0.25, -0.2) is 9.48 Å². The van der Waals surface area contributed by atoms with Gasteiger partial charge in [-0.15, -0.1) is 0 Å². The number of amides is 2. The summed E-state index contributed by atoms with van der Waals surface area (Å²) in [5.74, 6) is -1.09. The van der Waals surface area contributed by atoms with E-state index in [1.165, 1.54) is 24.1 Å². The Morgan fingerprint density at radius 1 is 1.19 bits per heavy atom. The first kappa shape index (κ1) is 24.3. The van der Waals surface area contributed by atoms with Crippen LogP contribution in [0.4, 0.5) is 11.5 Å². The van der Waals surface area contributed by atoms with Crippen molar-refractivity contribution in [3.63, 3.8) is 0 Å². The number of allylic oxidation sites excluding steroid dienone is 1. The molecule has 3 aromatic rings. The van der Waals surface area contributed by atoms with Crippen LogP contribution in [0.3, 0.4) is 0 Å². The molecule has 0 unspecified atom stereocenters. The van der Waals surface area contributed by atoms with Crippen molar-refractivity contribution in [3.05, 3.63) is 76.6 Å². The van der Waals surface area contributed by atoms with Gasteiger partial charge in [-0.3, -0.25) is 9.59 Å². The first-order chi connectivity index (χ1) is 17.2. The van der Waals surface area contributed by atoms with Crippen LogP contribution >= 0.6 is 0 Å². The van der Waals surface area contributed by atoms with Gasteiger partial charge < -0.3 is 30.9 Å². The van der Waals surface area contributed by atoms with Crippen LogP contribution in [-0.2, 0) is 9.53 Å². The number of phenolic OH excluding ortho intramolecular Hbond substituents is 1. The number of aromatic nitrogens is 2. The Morgan fingerprint density at radius 2 is 1.92 bits per heavy atom. The number of nitrogens with two attached hydrogens (primary N) is 1. The minimum Gasteiger partial charge on any atom is -0.504 e. The highest BCUT2D eigenvalue weighted by molar-refractivity contribution is 6.07. The van der Waals surface area contributed by atoms with Crippen LogP contribution in [0, 0.1) is 0 Å². The standard InChI is InChI=1S/C25H25N5O6/c1-4-36-25(34)14-5-8-16(9-6-14)29-24(33)20-13(2)28-23-17(22(26)32)12-27-30(23)21(20)15-7-10-18(31)19(11-15)35-3/h5-12,21,28,31H,4H2,1-3H3,(H2,26,32)(H,29,33)/t21-/m1/s1. The van der Waals surface area contributed by atoms with E-state index in [1.54, 1.807) is 50.2 Å². The highest BCUT2D eigenvalue weighted by atomic mass is 16.5. The minimum absolute atomic E-state index is 0.0675. The number of carbonyl (C=O) groups excluding carboxylic acids is 3. The monoisotopic (exact) mass is 491 g/mol. The smallest absolute Gasteiger partial charge is 0.338 e. The van der Waals surface area contributed by atoms with Crippen LogP contribution in [0.15, 0.2) is 59.9 Å². The zero-order chi connectivity index (χ0) is 26.0. The van der Waals surface area contributed by atoms with Crippen molar-refractivity contribution in [3.8, 4) is 11.5 Å². The second kappa shape index (κ2) is 9.82. The third-order valence-corrected chi connectivity index (χ3v) is 5.71. The quantitative estimate of drug-likeness (QED) is 0.367. The lowest BCUT2D eigenvalue weighted by Crippen LogP contribution is -2.32. The van der Waals surface area contributed by atoms with E-state index >= 15 is 0 Å². The van der Waals surface area contributed by atoms with Gasteiger partial charge in [0.05, 0.1) is 31.1 Å². The molecule has 11 heteroatoms. The van der Waals surface area contributed by atoms with E-state index in [0.29, 0.717) is 33.9 Å². The molecular formula is C25H25N5O6. The molecule has 0 bridgehead atoms. The molecule has 5 N–H and O–H groups in total. The molecular weight excluding hydrogens is 466 g/mol. The van der Waals surface area contributed by atoms with Crippen LogP contribution in [0.5, 0.6) is 11.5 Å². The van der Waals surface area contributed by atoms with E-state index in [2.05, 4.69) is 15.7 Å². The Morgan fingerprint density at radius 3 is 2.56 bits per heavy atom. The summed E-state index contributed by atoms with van der Waals surface area (Å²) in [6, 6.07) is 10.2. The van der Waals surface area contributed by atoms with E-state index in [0.717, 1.165) is 0 Å². The molecule has 2 aromatic carbocycles. The molecule has 2 amide bonds. The highest BCUT2D eigenvalue weighted by Gasteiger charge is 2.35. The van der Waals surface area contributed by atoms with Gasteiger partial charge in [-0.1, -0.05) is 6.07 Å². The number of hydrogen-bond acceptors (Lipinski definition) is 8. The number of methoxy groups -OCH3 is 1. The second-order valence-corrected chi connectivity index (χ2v) is 7.97. The Bertz CT molecular complexity index is 1380. The maximum absolute atomic E-state index is 13.5. The van der Waals surface area contributed by atoms with E-state index in [-0.39, 0.29) is 23.7 Å². The number of esters is 1. The first-order valence-corrected chi connectivity index (χ1v) is 11.1. The molecule has 1 atom stereocenters. The summed E-state index contributed by atoms with van der Waals surface area (Å²) in [6.07, 6.45) is 1.33. The van der Waals surface area contributed by atoms with Gasteiger partial charge in [-0.2, -0.15) is 5.10 Å². The maximum Gasteiger partial charge on any atom is 0.338 e. The molecule has 186 valence electrons. The lowest BCUT2D eigenvalue weighted by Gasteiger charge is -2.30. The van der Waals surface area contributed by atoms with Gasteiger partial charge in [0.1, 0.15) is 17.4 Å². The molecule has 0 spiro atoms. The number of aromatic hydroxyl groups is 1. The lowest BCUT2D eigenvalue weighted by molar-refractivity contribution is -0.113. The average molecular weight is 492 g/mol. The number of phenols is 1. The van der Waals surface area contributed by atoms with Crippen molar-refractivity contribution in [2.45, 2.75) is 19.9 Å². The zero-order valence-electron chi connectivity index (χ0n) is 19.9. The number of carbonyl (C=O) groups is 3. The normalized spacial score (nSPS) is 14.5. The number of nitrogens with zero attached hydrogens (tertiary/aromatic N) is 2. The molecule has 36 heavy (non-hydrogen) atoms. The molecule has 1 aliphatic rings. The van der Waals surface area contributed by atoms with Crippen LogP contribution in [0.1, 0.15) is 46.2 Å². The first-order valence-electron chi connectivity index (χ1n) is 11.1. The topological polar surface area (TPSA) is 158 Å². The van der Waals surface area contributed by atoms with Crippen LogP contribution in [-0.4, -0.2) is 46.4 Å². The maximum atomic E-state index is 13.5. The largest absolute Gasteiger partial charge is 0.504 e. The number of nitrogens with one attached hydrogen (secondary N) is 2. The third-order valence-electron chi connectivity index (χ3n) is 5.71. The molecule has 4 rings (SSSR count). The minimum atomic E-state index is -0.775. The predicted octanol–water partition coefficient (Wildman–Crippen LogP) is 2.80.